The van der Waals surface area contributed by atoms with Crippen molar-refractivity contribution in [1.29, 1.82) is 0 Å². The maximum atomic E-state index is 13.6. The summed E-state index contributed by atoms with van der Waals surface area (Å²) in [4.78, 5) is 26.3. The minimum absolute atomic E-state index is 0.112. The number of aromatic hydroxyl groups is 1. The average molecular weight is 510 g/mol. The largest absolute Gasteiger partial charge is 0.508 e. The lowest BCUT2D eigenvalue weighted by atomic mass is 10.1. The summed E-state index contributed by atoms with van der Waals surface area (Å²) < 4.78 is 19.7. The van der Waals surface area contributed by atoms with Crippen molar-refractivity contribution in [3.63, 3.8) is 0 Å². The number of pyridine rings is 1. The van der Waals surface area contributed by atoms with Gasteiger partial charge in [-0.2, -0.15) is 0 Å². The van der Waals surface area contributed by atoms with Crippen LogP contribution >= 0.6 is 0 Å². The monoisotopic (exact) mass is 509 g/mol. The Hall–Kier alpha value is -5.05. The highest BCUT2D eigenvalue weighted by Gasteiger charge is 2.15. The Kier molecular flexibility index (Phi) is 6.82. The van der Waals surface area contributed by atoms with Crippen molar-refractivity contribution < 1.29 is 19.0 Å². The van der Waals surface area contributed by atoms with Gasteiger partial charge in [0.05, 0.1) is 11.1 Å². The first kappa shape index (κ1) is 24.6. The summed E-state index contributed by atoms with van der Waals surface area (Å²) in [5, 5.41) is 16.3. The molecule has 5 aromatic rings. The van der Waals surface area contributed by atoms with Crippen LogP contribution in [0.15, 0.2) is 85.2 Å². The number of anilines is 3. The van der Waals surface area contributed by atoms with Gasteiger partial charge in [0.2, 0.25) is 0 Å². The van der Waals surface area contributed by atoms with Crippen LogP contribution in [0.5, 0.6) is 17.2 Å². The minimum atomic E-state index is -0.451. The van der Waals surface area contributed by atoms with E-state index in [2.05, 4.69) is 39.4 Å². The molecule has 0 aliphatic heterocycles. The van der Waals surface area contributed by atoms with Gasteiger partial charge >= 0.3 is 0 Å². The molecule has 2 heterocycles. The van der Waals surface area contributed by atoms with Crippen LogP contribution < -0.4 is 15.4 Å². The highest BCUT2D eigenvalue weighted by Crippen LogP contribution is 2.34. The number of phenolic OH excluding ortho intramolecular Hbond substituents is 1. The standard InChI is InChI=1S/C29H24FN5O3/c1-17(2)24-12-11-23-27(34-24)31-16-32-28(23)35-25-14-18(29(37)33-20-5-3-4-19(30)15-20)6-13-26(25)38-22-9-7-21(36)8-10-22/h3-17,36H,1-2H3,(H,33,37)(H,31,32,34,35). The number of carbonyl (C=O) groups excluding carboxylic acids is 1. The van der Waals surface area contributed by atoms with Crippen LogP contribution in [0.3, 0.4) is 0 Å². The lowest BCUT2D eigenvalue weighted by Gasteiger charge is -2.16. The van der Waals surface area contributed by atoms with E-state index in [0.29, 0.717) is 45.3 Å². The third-order valence-corrected chi connectivity index (χ3v) is 5.75. The summed E-state index contributed by atoms with van der Waals surface area (Å²) in [6.07, 6.45) is 1.42. The first-order valence-electron chi connectivity index (χ1n) is 11.9. The molecule has 0 spiro atoms. The van der Waals surface area contributed by atoms with Gasteiger partial charge in [0.1, 0.15) is 29.5 Å². The number of halogens is 1. The van der Waals surface area contributed by atoms with Crippen LogP contribution in [0.1, 0.15) is 35.8 Å². The fraction of sp³-hybridized carbons (Fsp3) is 0.103. The zero-order valence-corrected chi connectivity index (χ0v) is 20.6. The van der Waals surface area contributed by atoms with E-state index in [9.17, 15) is 14.3 Å². The van der Waals surface area contributed by atoms with Crippen LogP contribution in [0, 0.1) is 5.82 Å². The molecule has 5 rings (SSSR count). The Labute approximate surface area is 218 Å². The zero-order chi connectivity index (χ0) is 26.6. The van der Waals surface area contributed by atoms with Crippen molar-refractivity contribution in [2.45, 2.75) is 19.8 Å². The third kappa shape index (κ3) is 5.52. The number of benzene rings is 3. The second-order valence-electron chi connectivity index (χ2n) is 8.88. The van der Waals surface area contributed by atoms with Crippen LogP contribution in [0.25, 0.3) is 11.0 Å². The Morgan fingerprint density at radius 2 is 1.79 bits per heavy atom. The number of hydrogen-bond donors (Lipinski definition) is 3. The van der Waals surface area contributed by atoms with Crippen molar-refractivity contribution in [2.24, 2.45) is 0 Å². The van der Waals surface area contributed by atoms with Crippen molar-refractivity contribution in [3.05, 3.63) is 102 Å². The Bertz CT molecular complexity index is 1620. The molecule has 0 saturated heterocycles. The molecule has 2 aromatic heterocycles. The van der Waals surface area contributed by atoms with Gasteiger partial charge in [0.15, 0.2) is 11.4 Å². The van der Waals surface area contributed by atoms with E-state index in [-0.39, 0.29) is 11.7 Å². The van der Waals surface area contributed by atoms with E-state index >= 15 is 0 Å². The summed E-state index contributed by atoms with van der Waals surface area (Å²) in [6, 6.07) is 20.6. The van der Waals surface area contributed by atoms with E-state index < -0.39 is 11.7 Å². The number of carbonyl (C=O) groups is 1. The van der Waals surface area contributed by atoms with Gasteiger partial charge in [-0.15, -0.1) is 0 Å². The highest BCUT2D eigenvalue weighted by atomic mass is 19.1. The quantitative estimate of drug-likeness (QED) is 0.222. The van der Waals surface area contributed by atoms with Crippen LogP contribution in [0.4, 0.5) is 21.6 Å². The van der Waals surface area contributed by atoms with Crippen LogP contribution in [-0.2, 0) is 0 Å². The number of amides is 1. The molecule has 0 aliphatic rings. The second-order valence-corrected chi connectivity index (χ2v) is 8.88. The number of nitrogens with one attached hydrogen (secondary N) is 2. The van der Waals surface area contributed by atoms with E-state index in [4.69, 9.17) is 4.74 Å². The van der Waals surface area contributed by atoms with E-state index in [1.165, 1.54) is 36.7 Å². The molecule has 3 N–H and O–H groups in total. The molecule has 1 amide bonds. The van der Waals surface area contributed by atoms with E-state index in [1.54, 1.807) is 36.4 Å². The summed E-state index contributed by atoms with van der Waals surface area (Å²) in [7, 11) is 0. The normalized spacial score (nSPS) is 10.9. The molecule has 0 saturated carbocycles. The minimum Gasteiger partial charge on any atom is -0.508 e. The molecule has 0 atom stereocenters. The number of rotatable bonds is 7. The zero-order valence-electron chi connectivity index (χ0n) is 20.6. The Morgan fingerprint density at radius 1 is 0.974 bits per heavy atom. The molecular formula is C29H24FN5O3. The Morgan fingerprint density at radius 3 is 2.55 bits per heavy atom. The molecule has 0 fully saturated rings. The van der Waals surface area contributed by atoms with Gasteiger partial charge in [-0.25, -0.2) is 19.3 Å². The fourth-order valence-corrected chi connectivity index (χ4v) is 3.77. The first-order valence-corrected chi connectivity index (χ1v) is 11.9. The summed E-state index contributed by atoms with van der Waals surface area (Å²) in [5.41, 5.74) is 2.55. The van der Waals surface area contributed by atoms with Crippen molar-refractivity contribution >= 4 is 34.1 Å². The molecule has 0 unspecified atom stereocenters. The predicted molar refractivity (Wildman–Crippen MR) is 144 cm³/mol. The van der Waals surface area contributed by atoms with Crippen molar-refractivity contribution in [3.8, 4) is 17.2 Å². The fourth-order valence-electron chi connectivity index (χ4n) is 3.77. The smallest absolute Gasteiger partial charge is 0.255 e. The van der Waals surface area contributed by atoms with Crippen LogP contribution in [-0.4, -0.2) is 26.0 Å². The molecule has 3 aromatic carbocycles. The molecule has 8 nitrogen and oxygen atoms in total. The third-order valence-electron chi connectivity index (χ3n) is 5.75. The van der Waals surface area contributed by atoms with Gasteiger partial charge in [-0.1, -0.05) is 19.9 Å². The predicted octanol–water partition coefficient (Wildman–Crippen LogP) is 6.78. The number of aromatic nitrogens is 3. The summed E-state index contributed by atoms with van der Waals surface area (Å²) in [5.74, 6) is 0.856. The van der Waals surface area contributed by atoms with Crippen molar-refractivity contribution in [2.75, 3.05) is 10.6 Å². The number of phenols is 1. The van der Waals surface area contributed by atoms with Gasteiger partial charge in [0.25, 0.3) is 5.91 Å². The highest BCUT2D eigenvalue weighted by molar-refractivity contribution is 6.05. The number of ether oxygens (including phenoxy) is 1. The molecule has 38 heavy (non-hydrogen) atoms. The number of hydrogen-bond acceptors (Lipinski definition) is 7. The second kappa shape index (κ2) is 10.5. The molecule has 0 bridgehead atoms. The number of nitrogens with zero attached hydrogens (tertiary/aromatic N) is 3. The average Bonchev–Trinajstić information content (AvgIpc) is 2.90. The van der Waals surface area contributed by atoms with Gasteiger partial charge < -0.3 is 20.5 Å². The maximum absolute atomic E-state index is 13.6. The van der Waals surface area contributed by atoms with Gasteiger partial charge in [-0.3, -0.25) is 4.79 Å². The molecule has 0 aliphatic carbocycles. The SMILES string of the molecule is CC(C)c1ccc2c(Nc3cc(C(=O)Nc4cccc(F)c4)ccc3Oc3ccc(O)cc3)ncnc2n1. The molecule has 190 valence electrons. The summed E-state index contributed by atoms with van der Waals surface area (Å²) >= 11 is 0. The Balaban J connectivity index is 1.52. The lowest BCUT2D eigenvalue weighted by molar-refractivity contribution is 0.102. The first-order chi connectivity index (χ1) is 18.4. The topological polar surface area (TPSA) is 109 Å². The van der Waals surface area contributed by atoms with E-state index in [1.807, 2.05) is 12.1 Å². The molecule has 0 radical (unpaired) electrons. The van der Waals surface area contributed by atoms with Gasteiger partial charge in [-0.05, 0) is 78.7 Å². The summed E-state index contributed by atoms with van der Waals surface area (Å²) in [6.45, 7) is 4.11. The van der Waals surface area contributed by atoms with Gasteiger partial charge in [0, 0.05) is 16.9 Å². The van der Waals surface area contributed by atoms with E-state index in [0.717, 1.165) is 5.69 Å². The van der Waals surface area contributed by atoms with Crippen molar-refractivity contribution in [1.82, 2.24) is 15.0 Å². The maximum Gasteiger partial charge on any atom is 0.255 e. The van der Waals surface area contributed by atoms with Crippen LogP contribution in [0.2, 0.25) is 0 Å². The molecule has 9 heteroatoms. The number of fused-ring (bicyclic) bond motifs is 1. The lowest BCUT2D eigenvalue weighted by Crippen LogP contribution is -2.12. The molecular weight excluding hydrogens is 485 g/mol.